The summed E-state index contributed by atoms with van der Waals surface area (Å²) in [6.07, 6.45) is 4.83. The number of benzene rings is 2. The number of sulfonamides is 1. The number of hydrogen-bond acceptors (Lipinski definition) is 3. The molecule has 1 amide bonds. The lowest BCUT2D eigenvalue weighted by Gasteiger charge is -2.28. The third-order valence-electron chi connectivity index (χ3n) is 5.56. The van der Waals surface area contributed by atoms with Crippen molar-refractivity contribution in [3.05, 3.63) is 59.7 Å². The summed E-state index contributed by atoms with van der Waals surface area (Å²) in [5.41, 5.74) is 2.86. The van der Waals surface area contributed by atoms with E-state index in [1.807, 2.05) is 24.3 Å². The van der Waals surface area contributed by atoms with Crippen molar-refractivity contribution in [2.24, 2.45) is 5.92 Å². The van der Waals surface area contributed by atoms with Gasteiger partial charge in [0.25, 0.3) is 0 Å². The van der Waals surface area contributed by atoms with Crippen molar-refractivity contribution < 1.29 is 13.2 Å². The Morgan fingerprint density at radius 3 is 2.48 bits per heavy atom. The molecule has 1 N–H and O–H groups in total. The Bertz CT molecular complexity index is 935. The number of rotatable bonds is 4. The molecule has 0 atom stereocenters. The Kier molecular flexibility index (Phi) is 5.02. The molecular formula is C21H24N2O3S. The van der Waals surface area contributed by atoms with Gasteiger partial charge in [-0.15, -0.1) is 0 Å². The van der Waals surface area contributed by atoms with Crippen LogP contribution in [0.15, 0.2) is 53.4 Å². The minimum absolute atomic E-state index is 0.0806. The number of nitrogens with zero attached hydrogens (tertiary/aromatic N) is 1. The van der Waals surface area contributed by atoms with Gasteiger partial charge in [-0.3, -0.25) is 4.79 Å². The lowest BCUT2D eigenvalue weighted by molar-refractivity contribution is -0.119. The molecule has 0 radical (unpaired) electrons. The molecule has 2 aromatic rings. The van der Waals surface area contributed by atoms with Gasteiger partial charge in [-0.2, -0.15) is 4.31 Å². The van der Waals surface area contributed by atoms with Crippen LogP contribution < -0.4 is 5.32 Å². The van der Waals surface area contributed by atoms with Gasteiger partial charge in [-0.1, -0.05) is 37.1 Å². The number of anilines is 1. The second-order valence-corrected chi connectivity index (χ2v) is 9.29. The molecule has 1 saturated carbocycles. The molecule has 0 aromatic heterocycles. The molecule has 4 rings (SSSR count). The van der Waals surface area contributed by atoms with Crippen LogP contribution in [0, 0.1) is 5.92 Å². The average molecular weight is 385 g/mol. The molecule has 0 unspecified atom stereocenters. The molecule has 1 fully saturated rings. The van der Waals surface area contributed by atoms with Crippen LogP contribution in [0.25, 0.3) is 0 Å². The standard InChI is InChI=1S/C21H24N2O3S/c24-21(17-6-4-5-7-17)22-19-11-10-16-12-13-23(15-18(16)14-19)27(25,26)20-8-2-1-3-9-20/h1-3,8-11,14,17H,4-7,12-13,15H2,(H,22,24). The van der Waals surface area contributed by atoms with Gasteiger partial charge in [0.15, 0.2) is 0 Å². The van der Waals surface area contributed by atoms with Crippen LogP contribution in [-0.2, 0) is 27.8 Å². The monoisotopic (exact) mass is 384 g/mol. The first kappa shape index (κ1) is 18.2. The largest absolute Gasteiger partial charge is 0.326 e. The van der Waals surface area contributed by atoms with Gasteiger partial charge in [0.2, 0.25) is 15.9 Å². The van der Waals surface area contributed by atoms with Crippen molar-refractivity contribution in [1.82, 2.24) is 4.31 Å². The summed E-state index contributed by atoms with van der Waals surface area (Å²) in [6, 6.07) is 14.4. The van der Waals surface area contributed by atoms with E-state index >= 15 is 0 Å². The summed E-state index contributed by atoms with van der Waals surface area (Å²) in [5, 5.41) is 3.01. The fraction of sp³-hybridized carbons (Fsp3) is 0.381. The molecule has 1 heterocycles. The zero-order chi connectivity index (χ0) is 18.9. The molecule has 6 heteroatoms. The zero-order valence-corrected chi connectivity index (χ0v) is 16.0. The van der Waals surface area contributed by atoms with Crippen molar-refractivity contribution >= 4 is 21.6 Å². The molecule has 2 aromatic carbocycles. The van der Waals surface area contributed by atoms with E-state index in [1.54, 1.807) is 24.3 Å². The highest BCUT2D eigenvalue weighted by Gasteiger charge is 2.28. The van der Waals surface area contributed by atoms with Crippen LogP contribution in [0.5, 0.6) is 0 Å². The molecule has 2 aliphatic rings. The van der Waals surface area contributed by atoms with E-state index in [-0.39, 0.29) is 11.8 Å². The highest BCUT2D eigenvalue weighted by atomic mass is 32.2. The van der Waals surface area contributed by atoms with Crippen molar-refractivity contribution in [1.29, 1.82) is 0 Å². The van der Waals surface area contributed by atoms with Crippen molar-refractivity contribution in [3.8, 4) is 0 Å². The van der Waals surface area contributed by atoms with Crippen molar-refractivity contribution in [2.75, 3.05) is 11.9 Å². The maximum Gasteiger partial charge on any atom is 0.243 e. The fourth-order valence-corrected chi connectivity index (χ4v) is 5.43. The summed E-state index contributed by atoms with van der Waals surface area (Å²) in [6.45, 7) is 0.803. The van der Waals surface area contributed by atoms with Gasteiger partial charge in [0.1, 0.15) is 0 Å². The van der Waals surface area contributed by atoms with Crippen LogP contribution in [0.2, 0.25) is 0 Å². The second-order valence-electron chi connectivity index (χ2n) is 7.36. The number of carbonyl (C=O) groups is 1. The van der Waals surface area contributed by atoms with Gasteiger partial charge in [0.05, 0.1) is 4.90 Å². The number of hydrogen-bond donors (Lipinski definition) is 1. The summed E-state index contributed by atoms with van der Waals surface area (Å²) in [5.74, 6) is 0.188. The van der Waals surface area contributed by atoms with Crippen molar-refractivity contribution in [2.45, 2.75) is 43.5 Å². The molecule has 142 valence electrons. The number of nitrogens with one attached hydrogen (secondary N) is 1. The third kappa shape index (κ3) is 3.77. The van der Waals surface area contributed by atoms with Crippen LogP contribution in [0.3, 0.4) is 0 Å². The SMILES string of the molecule is O=C(Nc1ccc2c(c1)CN(S(=O)(=O)c1ccccc1)CC2)C1CCCC1. The molecule has 1 aliphatic heterocycles. The van der Waals surface area contributed by atoms with E-state index in [9.17, 15) is 13.2 Å². The van der Waals surface area contributed by atoms with Crippen LogP contribution in [-0.4, -0.2) is 25.2 Å². The maximum absolute atomic E-state index is 12.9. The molecule has 0 saturated heterocycles. The van der Waals surface area contributed by atoms with Gasteiger partial charge in [-0.25, -0.2) is 8.42 Å². The smallest absolute Gasteiger partial charge is 0.243 e. The molecule has 0 bridgehead atoms. The summed E-state index contributed by atoms with van der Waals surface area (Å²) < 4.78 is 27.3. The predicted molar refractivity (Wildman–Crippen MR) is 105 cm³/mol. The van der Waals surface area contributed by atoms with Crippen molar-refractivity contribution in [3.63, 3.8) is 0 Å². The Morgan fingerprint density at radius 2 is 1.74 bits per heavy atom. The lowest BCUT2D eigenvalue weighted by atomic mass is 10.00. The molecular weight excluding hydrogens is 360 g/mol. The Labute approximate surface area is 160 Å². The normalized spacial score (nSPS) is 18.2. The van der Waals surface area contributed by atoms with E-state index in [2.05, 4.69) is 5.32 Å². The maximum atomic E-state index is 12.9. The van der Waals surface area contributed by atoms with E-state index < -0.39 is 10.0 Å². The quantitative estimate of drug-likeness (QED) is 0.876. The van der Waals surface area contributed by atoms with Gasteiger partial charge < -0.3 is 5.32 Å². The summed E-state index contributed by atoms with van der Waals surface area (Å²) in [4.78, 5) is 12.7. The summed E-state index contributed by atoms with van der Waals surface area (Å²) in [7, 11) is -3.51. The third-order valence-corrected chi connectivity index (χ3v) is 7.42. The first-order valence-corrected chi connectivity index (χ1v) is 11.0. The summed E-state index contributed by atoms with van der Waals surface area (Å²) >= 11 is 0. The first-order valence-electron chi connectivity index (χ1n) is 9.52. The van der Waals surface area contributed by atoms with Crippen LogP contribution in [0.4, 0.5) is 5.69 Å². The fourth-order valence-electron chi connectivity index (χ4n) is 3.99. The minimum atomic E-state index is -3.51. The van der Waals surface area contributed by atoms with E-state index in [4.69, 9.17) is 0 Å². The highest BCUT2D eigenvalue weighted by molar-refractivity contribution is 7.89. The second kappa shape index (κ2) is 7.44. The lowest BCUT2D eigenvalue weighted by Crippen LogP contribution is -2.36. The molecule has 0 spiro atoms. The Morgan fingerprint density at radius 1 is 1.00 bits per heavy atom. The zero-order valence-electron chi connectivity index (χ0n) is 15.2. The molecule has 1 aliphatic carbocycles. The first-order chi connectivity index (χ1) is 13.0. The predicted octanol–water partition coefficient (Wildman–Crippen LogP) is 3.56. The van der Waals surface area contributed by atoms with Gasteiger partial charge in [0, 0.05) is 24.7 Å². The minimum Gasteiger partial charge on any atom is -0.326 e. The highest BCUT2D eigenvalue weighted by Crippen LogP contribution is 2.29. The Hall–Kier alpha value is -2.18. The van der Waals surface area contributed by atoms with E-state index in [0.29, 0.717) is 24.4 Å². The van der Waals surface area contributed by atoms with Gasteiger partial charge in [-0.05, 0) is 54.7 Å². The number of carbonyl (C=O) groups excluding carboxylic acids is 1. The van der Waals surface area contributed by atoms with Gasteiger partial charge >= 0.3 is 0 Å². The number of amides is 1. The van der Waals surface area contributed by atoms with Crippen LogP contribution >= 0.6 is 0 Å². The molecule has 27 heavy (non-hydrogen) atoms. The van der Waals surface area contributed by atoms with Crippen LogP contribution in [0.1, 0.15) is 36.8 Å². The topological polar surface area (TPSA) is 66.5 Å². The average Bonchev–Trinajstić information content (AvgIpc) is 3.23. The Balaban J connectivity index is 1.52. The van der Waals surface area contributed by atoms with E-state index in [0.717, 1.165) is 42.5 Å². The van der Waals surface area contributed by atoms with E-state index in [1.165, 1.54) is 4.31 Å². The molecule has 5 nitrogen and oxygen atoms in total. The number of fused-ring (bicyclic) bond motifs is 1.